The molecule has 0 atom stereocenters. The normalized spacial score (nSPS) is 11.2. The van der Waals surface area contributed by atoms with Gasteiger partial charge in [0.15, 0.2) is 5.69 Å². The third-order valence-electron chi connectivity index (χ3n) is 4.05. The van der Waals surface area contributed by atoms with E-state index in [1.807, 2.05) is 65.6 Å². The highest BCUT2D eigenvalue weighted by atomic mass is 32.2. The van der Waals surface area contributed by atoms with Gasteiger partial charge in [-0.15, -0.1) is 0 Å². The third kappa shape index (κ3) is 4.72. The van der Waals surface area contributed by atoms with Crippen LogP contribution in [0.5, 0.6) is 0 Å². The zero-order valence-corrected chi connectivity index (χ0v) is 16.0. The van der Waals surface area contributed by atoms with E-state index in [2.05, 4.69) is 9.97 Å². The molecule has 1 aromatic heterocycles. The Morgan fingerprint density at radius 2 is 1.46 bits per heavy atom. The molecular formula is C20H19N3O4S. The van der Waals surface area contributed by atoms with E-state index in [1.54, 1.807) is 0 Å². The summed E-state index contributed by atoms with van der Waals surface area (Å²) in [5.41, 5.74) is 1.86. The maximum Gasteiger partial charge on any atom is 0.356 e. The Bertz CT molecular complexity index is 1030. The number of carbonyl (C=O) groups is 1. The Morgan fingerprint density at radius 3 is 1.89 bits per heavy atom. The molecule has 28 heavy (non-hydrogen) atoms. The second kappa shape index (κ2) is 8.18. The lowest BCUT2D eigenvalue weighted by Crippen LogP contribution is -2.26. The molecule has 0 bridgehead atoms. The summed E-state index contributed by atoms with van der Waals surface area (Å²) in [6.07, 6.45) is 2.21. The molecule has 0 aliphatic heterocycles. The fraction of sp³-hybridized carbons (Fsp3) is 0.150. The van der Waals surface area contributed by atoms with E-state index in [1.165, 1.54) is 6.20 Å². The lowest BCUT2D eigenvalue weighted by Gasteiger charge is -2.26. The van der Waals surface area contributed by atoms with Crippen LogP contribution in [-0.4, -0.2) is 35.7 Å². The molecule has 8 heteroatoms. The van der Waals surface area contributed by atoms with E-state index in [0.717, 1.165) is 17.4 Å². The fourth-order valence-electron chi connectivity index (χ4n) is 2.76. The lowest BCUT2D eigenvalue weighted by molar-refractivity contribution is 0.0690. The molecule has 0 unspecified atom stereocenters. The fourth-order valence-corrected chi connectivity index (χ4v) is 3.26. The van der Waals surface area contributed by atoms with Crippen molar-refractivity contribution in [2.24, 2.45) is 0 Å². The number of aromatic carboxylic acids is 1. The number of hydrogen-bond acceptors (Lipinski definition) is 6. The Balaban J connectivity index is 2.07. The van der Waals surface area contributed by atoms with Gasteiger partial charge in [-0.3, -0.25) is 0 Å². The topological polar surface area (TPSA) is 100 Å². The first kappa shape index (κ1) is 19.5. The summed E-state index contributed by atoms with van der Waals surface area (Å²) in [5, 5.41) is 9.12. The second-order valence-electron chi connectivity index (χ2n) is 6.29. The summed E-state index contributed by atoms with van der Waals surface area (Å²) in [6, 6.07) is 19.1. The predicted octanol–water partition coefficient (Wildman–Crippen LogP) is 2.79. The van der Waals surface area contributed by atoms with Crippen molar-refractivity contribution < 1.29 is 18.3 Å². The monoisotopic (exact) mass is 397 g/mol. The summed E-state index contributed by atoms with van der Waals surface area (Å²) in [6.45, 7) is 0.829. The van der Waals surface area contributed by atoms with Crippen molar-refractivity contribution in [2.45, 2.75) is 18.2 Å². The van der Waals surface area contributed by atoms with Crippen LogP contribution in [0.15, 0.2) is 72.0 Å². The van der Waals surface area contributed by atoms with Gasteiger partial charge in [0.2, 0.25) is 15.0 Å². The highest BCUT2D eigenvalue weighted by Gasteiger charge is 2.23. The van der Waals surface area contributed by atoms with Crippen LogP contribution >= 0.6 is 0 Å². The van der Waals surface area contributed by atoms with Crippen LogP contribution in [-0.2, 0) is 22.9 Å². The first-order chi connectivity index (χ1) is 13.3. The van der Waals surface area contributed by atoms with Crippen LogP contribution in [0, 0.1) is 0 Å². The standard InChI is InChI=1S/C20H19N3O4S/c1-28(26,27)20-21-12-17(18(22-20)19(24)25)23(13-15-8-4-2-5-9-15)14-16-10-6-3-7-11-16/h2-12H,13-14H2,1H3,(H,24,25). The smallest absolute Gasteiger partial charge is 0.356 e. The Hall–Kier alpha value is -3.26. The van der Waals surface area contributed by atoms with Crippen molar-refractivity contribution in [2.75, 3.05) is 11.2 Å². The molecule has 0 aliphatic carbocycles. The minimum Gasteiger partial charge on any atom is -0.476 e. The van der Waals surface area contributed by atoms with Crippen molar-refractivity contribution in [1.82, 2.24) is 9.97 Å². The molecule has 0 aliphatic rings. The van der Waals surface area contributed by atoms with E-state index < -0.39 is 21.0 Å². The van der Waals surface area contributed by atoms with Crippen LogP contribution in [0.1, 0.15) is 21.6 Å². The minimum absolute atomic E-state index is 0.257. The number of hydrogen-bond donors (Lipinski definition) is 1. The van der Waals surface area contributed by atoms with Gasteiger partial charge in [-0.2, -0.15) is 0 Å². The van der Waals surface area contributed by atoms with E-state index in [-0.39, 0.29) is 11.4 Å². The molecule has 1 heterocycles. The second-order valence-corrected chi connectivity index (χ2v) is 8.20. The number of carboxylic acids is 1. The molecule has 0 radical (unpaired) electrons. The SMILES string of the molecule is CS(=O)(=O)c1ncc(N(Cc2ccccc2)Cc2ccccc2)c(C(=O)O)n1. The number of aromatic nitrogens is 2. The molecule has 0 spiro atoms. The summed E-state index contributed by atoms with van der Waals surface area (Å²) >= 11 is 0. The number of benzene rings is 2. The van der Waals surface area contributed by atoms with E-state index in [4.69, 9.17) is 0 Å². The molecule has 7 nitrogen and oxygen atoms in total. The van der Waals surface area contributed by atoms with Gasteiger partial charge in [-0.1, -0.05) is 60.7 Å². The highest BCUT2D eigenvalue weighted by molar-refractivity contribution is 7.90. The van der Waals surface area contributed by atoms with E-state index in [0.29, 0.717) is 13.1 Å². The van der Waals surface area contributed by atoms with Gasteiger partial charge in [0.1, 0.15) is 0 Å². The molecular weight excluding hydrogens is 378 g/mol. The molecule has 0 fully saturated rings. The van der Waals surface area contributed by atoms with Crippen molar-refractivity contribution in [1.29, 1.82) is 0 Å². The molecule has 1 N–H and O–H groups in total. The van der Waals surface area contributed by atoms with Gasteiger partial charge >= 0.3 is 5.97 Å². The van der Waals surface area contributed by atoms with Gasteiger partial charge in [0, 0.05) is 19.3 Å². The van der Waals surface area contributed by atoms with Gasteiger partial charge in [-0.05, 0) is 11.1 Å². The zero-order valence-electron chi connectivity index (χ0n) is 15.2. The number of anilines is 1. The molecule has 3 aromatic rings. The predicted molar refractivity (Wildman–Crippen MR) is 105 cm³/mol. The third-order valence-corrected chi connectivity index (χ3v) is 4.91. The average molecular weight is 397 g/mol. The van der Waals surface area contributed by atoms with Gasteiger partial charge in [-0.25, -0.2) is 23.2 Å². The molecule has 144 valence electrons. The number of sulfone groups is 1. The largest absolute Gasteiger partial charge is 0.476 e. The lowest BCUT2D eigenvalue weighted by atomic mass is 10.1. The Labute approximate surface area is 163 Å². The van der Waals surface area contributed by atoms with Crippen molar-refractivity contribution in [3.05, 3.63) is 83.7 Å². The number of carboxylic acid groups (broad SMARTS) is 1. The van der Waals surface area contributed by atoms with Crippen molar-refractivity contribution in [3.63, 3.8) is 0 Å². The highest BCUT2D eigenvalue weighted by Crippen LogP contribution is 2.24. The Morgan fingerprint density at radius 1 is 0.964 bits per heavy atom. The summed E-state index contributed by atoms with van der Waals surface area (Å²) in [4.78, 5) is 21.3. The summed E-state index contributed by atoms with van der Waals surface area (Å²) in [7, 11) is -3.72. The maximum absolute atomic E-state index is 11.8. The van der Waals surface area contributed by atoms with Gasteiger partial charge in [0.05, 0.1) is 11.9 Å². The van der Waals surface area contributed by atoms with Crippen molar-refractivity contribution >= 4 is 21.5 Å². The van der Waals surface area contributed by atoms with Crippen LogP contribution in [0.4, 0.5) is 5.69 Å². The molecule has 0 saturated heterocycles. The van der Waals surface area contributed by atoms with Crippen LogP contribution < -0.4 is 4.90 Å². The first-order valence-corrected chi connectivity index (χ1v) is 10.4. The average Bonchev–Trinajstić information content (AvgIpc) is 2.68. The molecule has 0 amide bonds. The van der Waals surface area contributed by atoms with Crippen LogP contribution in [0.2, 0.25) is 0 Å². The summed E-state index contributed by atoms with van der Waals surface area (Å²) < 4.78 is 23.5. The van der Waals surface area contributed by atoms with E-state index in [9.17, 15) is 18.3 Å². The van der Waals surface area contributed by atoms with Crippen LogP contribution in [0.25, 0.3) is 0 Å². The van der Waals surface area contributed by atoms with E-state index >= 15 is 0 Å². The first-order valence-electron chi connectivity index (χ1n) is 8.48. The quantitative estimate of drug-likeness (QED) is 0.612. The summed E-state index contributed by atoms with van der Waals surface area (Å²) in [5.74, 6) is -1.31. The molecule has 3 rings (SSSR count). The van der Waals surface area contributed by atoms with Crippen LogP contribution in [0.3, 0.4) is 0 Å². The number of nitrogens with zero attached hydrogens (tertiary/aromatic N) is 3. The molecule has 0 saturated carbocycles. The van der Waals surface area contributed by atoms with Gasteiger partial charge in [0.25, 0.3) is 0 Å². The van der Waals surface area contributed by atoms with Crippen molar-refractivity contribution in [3.8, 4) is 0 Å². The minimum atomic E-state index is -3.72. The maximum atomic E-state index is 11.8. The van der Waals surface area contributed by atoms with Gasteiger partial charge < -0.3 is 10.0 Å². The molecule has 2 aromatic carbocycles. The zero-order chi connectivity index (χ0) is 20.1. The number of rotatable bonds is 7. The Kier molecular flexibility index (Phi) is 5.70.